The normalized spacial score (nSPS) is 13.6. The first-order valence-electron chi connectivity index (χ1n) is 6.02. The van der Waals surface area contributed by atoms with Crippen molar-refractivity contribution >= 4 is 17.5 Å². The second-order valence-electron chi connectivity index (χ2n) is 4.57. The zero-order valence-corrected chi connectivity index (χ0v) is 11.4. The second kappa shape index (κ2) is 5.67. The molecule has 0 bridgehead atoms. The largest absolute Gasteiger partial charge is 0.342 e. The number of para-hydroxylation sites is 1. The van der Waals surface area contributed by atoms with Crippen molar-refractivity contribution in [2.24, 2.45) is 0 Å². The standard InChI is InChI=1S/C14H20N2O2/c1-5-14(3,15-11(2)17)13(18)16(4)12-9-7-6-8-10-12/h6-10H,5H2,1-4H3,(H,15,17). The van der Waals surface area contributed by atoms with E-state index in [1.165, 1.54) is 6.92 Å². The van der Waals surface area contributed by atoms with Gasteiger partial charge in [0.05, 0.1) is 0 Å². The first kappa shape index (κ1) is 14.2. The Kier molecular flexibility index (Phi) is 4.48. The van der Waals surface area contributed by atoms with Crippen LogP contribution >= 0.6 is 0 Å². The molecule has 0 aliphatic carbocycles. The molecule has 0 fully saturated rings. The van der Waals surface area contributed by atoms with Gasteiger partial charge in [0.1, 0.15) is 5.54 Å². The average molecular weight is 248 g/mol. The van der Waals surface area contributed by atoms with Crippen LogP contribution in [-0.4, -0.2) is 24.4 Å². The Balaban J connectivity index is 2.94. The Bertz CT molecular complexity index is 431. The lowest BCUT2D eigenvalue weighted by Gasteiger charge is -2.32. The molecule has 98 valence electrons. The van der Waals surface area contributed by atoms with Crippen LogP contribution in [0.3, 0.4) is 0 Å². The molecule has 0 aliphatic rings. The molecule has 0 saturated carbocycles. The molecule has 1 aromatic carbocycles. The number of nitrogens with one attached hydrogen (secondary N) is 1. The van der Waals surface area contributed by atoms with E-state index < -0.39 is 5.54 Å². The van der Waals surface area contributed by atoms with Crippen LogP contribution in [-0.2, 0) is 9.59 Å². The van der Waals surface area contributed by atoms with Gasteiger partial charge in [0.15, 0.2) is 0 Å². The van der Waals surface area contributed by atoms with Crippen LogP contribution in [0, 0.1) is 0 Å². The number of carbonyl (C=O) groups excluding carboxylic acids is 2. The first-order valence-corrected chi connectivity index (χ1v) is 6.02. The third-order valence-corrected chi connectivity index (χ3v) is 3.08. The minimum absolute atomic E-state index is 0.119. The minimum Gasteiger partial charge on any atom is -0.342 e. The summed E-state index contributed by atoms with van der Waals surface area (Å²) in [7, 11) is 1.72. The van der Waals surface area contributed by atoms with Gasteiger partial charge in [-0.1, -0.05) is 25.1 Å². The van der Waals surface area contributed by atoms with E-state index in [2.05, 4.69) is 5.32 Å². The van der Waals surface area contributed by atoms with Crippen LogP contribution in [0.2, 0.25) is 0 Å². The maximum atomic E-state index is 12.4. The van der Waals surface area contributed by atoms with Crippen LogP contribution in [0.25, 0.3) is 0 Å². The Morgan fingerprint density at radius 3 is 2.28 bits per heavy atom. The maximum Gasteiger partial charge on any atom is 0.252 e. The van der Waals surface area contributed by atoms with Gasteiger partial charge in [0.25, 0.3) is 5.91 Å². The van der Waals surface area contributed by atoms with Crippen LogP contribution in [0.1, 0.15) is 27.2 Å². The summed E-state index contributed by atoms with van der Waals surface area (Å²) >= 11 is 0. The van der Waals surface area contributed by atoms with Crippen molar-refractivity contribution in [3.8, 4) is 0 Å². The summed E-state index contributed by atoms with van der Waals surface area (Å²) < 4.78 is 0. The molecular weight excluding hydrogens is 228 g/mol. The van der Waals surface area contributed by atoms with Crippen molar-refractivity contribution in [1.29, 1.82) is 0 Å². The van der Waals surface area contributed by atoms with Crippen molar-refractivity contribution < 1.29 is 9.59 Å². The lowest BCUT2D eigenvalue weighted by atomic mass is 9.96. The smallest absolute Gasteiger partial charge is 0.252 e. The fraction of sp³-hybridized carbons (Fsp3) is 0.429. The number of rotatable bonds is 4. The van der Waals surface area contributed by atoms with E-state index in [1.54, 1.807) is 18.9 Å². The maximum absolute atomic E-state index is 12.4. The SMILES string of the molecule is CCC(C)(NC(C)=O)C(=O)N(C)c1ccccc1. The average Bonchev–Trinajstić information content (AvgIpc) is 2.37. The Hall–Kier alpha value is -1.84. The molecule has 18 heavy (non-hydrogen) atoms. The van der Waals surface area contributed by atoms with Crippen molar-refractivity contribution in [2.45, 2.75) is 32.7 Å². The van der Waals surface area contributed by atoms with E-state index in [9.17, 15) is 9.59 Å². The highest BCUT2D eigenvalue weighted by molar-refractivity contribution is 6.01. The number of anilines is 1. The molecule has 1 aromatic rings. The second-order valence-corrected chi connectivity index (χ2v) is 4.57. The van der Waals surface area contributed by atoms with Gasteiger partial charge in [-0.25, -0.2) is 0 Å². The van der Waals surface area contributed by atoms with Gasteiger partial charge in [-0.3, -0.25) is 9.59 Å². The van der Waals surface area contributed by atoms with E-state index >= 15 is 0 Å². The van der Waals surface area contributed by atoms with Gasteiger partial charge < -0.3 is 10.2 Å². The Morgan fingerprint density at radius 1 is 1.28 bits per heavy atom. The van der Waals surface area contributed by atoms with E-state index in [4.69, 9.17) is 0 Å². The number of hydrogen-bond donors (Lipinski definition) is 1. The minimum atomic E-state index is -0.865. The highest BCUT2D eigenvalue weighted by atomic mass is 16.2. The fourth-order valence-corrected chi connectivity index (χ4v) is 1.82. The quantitative estimate of drug-likeness (QED) is 0.885. The van der Waals surface area contributed by atoms with Gasteiger partial charge in [-0.05, 0) is 25.5 Å². The summed E-state index contributed by atoms with van der Waals surface area (Å²) in [5.41, 5.74) is -0.0521. The molecule has 1 unspecified atom stereocenters. The number of nitrogens with zero attached hydrogens (tertiary/aromatic N) is 1. The third kappa shape index (κ3) is 3.09. The summed E-state index contributed by atoms with van der Waals surface area (Å²) in [6.45, 7) is 5.05. The highest BCUT2D eigenvalue weighted by Crippen LogP contribution is 2.18. The van der Waals surface area contributed by atoms with Crippen molar-refractivity contribution in [2.75, 3.05) is 11.9 Å². The number of amides is 2. The molecule has 0 aliphatic heterocycles. The zero-order valence-electron chi connectivity index (χ0n) is 11.4. The molecular formula is C14H20N2O2. The zero-order chi connectivity index (χ0) is 13.8. The van der Waals surface area contributed by atoms with Crippen LogP contribution in [0.4, 0.5) is 5.69 Å². The molecule has 4 heteroatoms. The van der Waals surface area contributed by atoms with Crippen LogP contribution in [0.15, 0.2) is 30.3 Å². The predicted octanol–water partition coefficient (Wildman–Crippen LogP) is 1.95. The molecule has 2 amide bonds. The lowest BCUT2D eigenvalue weighted by Crippen LogP contribution is -2.56. The molecule has 4 nitrogen and oxygen atoms in total. The van der Waals surface area contributed by atoms with Gasteiger partial charge in [-0.15, -0.1) is 0 Å². The van der Waals surface area contributed by atoms with Crippen molar-refractivity contribution in [3.63, 3.8) is 0 Å². The Labute approximate surface area is 108 Å². The third-order valence-electron chi connectivity index (χ3n) is 3.08. The summed E-state index contributed by atoms with van der Waals surface area (Å²) in [5.74, 6) is -0.319. The van der Waals surface area contributed by atoms with Gasteiger partial charge >= 0.3 is 0 Å². The van der Waals surface area contributed by atoms with Crippen LogP contribution in [0.5, 0.6) is 0 Å². The number of hydrogen-bond acceptors (Lipinski definition) is 2. The molecule has 0 saturated heterocycles. The summed E-state index contributed by atoms with van der Waals surface area (Å²) in [6.07, 6.45) is 0.544. The number of likely N-dealkylation sites (N-methyl/N-ethyl adjacent to an activating group) is 1. The van der Waals surface area contributed by atoms with Crippen LogP contribution < -0.4 is 10.2 Å². The van der Waals surface area contributed by atoms with E-state index in [1.807, 2.05) is 37.3 Å². The topological polar surface area (TPSA) is 49.4 Å². The van der Waals surface area contributed by atoms with E-state index in [0.29, 0.717) is 6.42 Å². The molecule has 0 aromatic heterocycles. The molecule has 0 spiro atoms. The molecule has 0 radical (unpaired) electrons. The van der Waals surface area contributed by atoms with Gasteiger partial charge in [0.2, 0.25) is 5.91 Å². The van der Waals surface area contributed by atoms with Gasteiger partial charge in [0, 0.05) is 19.7 Å². The lowest BCUT2D eigenvalue weighted by molar-refractivity contribution is -0.130. The first-order chi connectivity index (χ1) is 8.40. The number of carbonyl (C=O) groups is 2. The highest BCUT2D eigenvalue weighted by Gasteiger charge is 2.34. The number of benzene rings is 1. The molecule has 1 N–H and O–H groups in total. The molecule has 1 atom stereocenters. The van der Waals surface area contributed by atoms with E-state index in [0.717, 1.165) is 5.69 Å². The Morgan fingerprint density at radius 2 is 1.83 bits per heavy atom. The van der Waals surface area contributed by atoms with E-state index in [-0.39, 0.29) is 11.8 Å². The predicted molar refractivity (Wildman–Crippen MR) is 72.4 cm³/mol. The fourth-order valence-electron chi connectivity index (χ4n) is 1.82. The van der Waals surface area contributed by atoms with Crippen molar-refractivity contribution in [3.05, 3.63) is 30.3 Å². The summed E-state index contributed by atoms with van der Waals surface area (Å²) in [4.78, 5) is 25.2. The van der Waals surface area contributed by atoms with Gasteiger partial charge in [-0.2, -0.15) is 0 Å². The summed E-state index contributed by atoms with van der Waals surface area (Å²) in [5, 5.41) is 2.73. The van der Waals surface area contributed by atoms with Crippen molar-refractivity contribution in [1.82, 2.24) is 5.32 Å². The molecule has 1 rings (SSSR count). The monoisotopic (exact) mass is 248 g/mol. The molecule has 0 heterocycles. The summed E-state index contributed by atoms with van der Waals surface area (Å²) in [6, 6.07) is 9.37.